The number of hydrogen-bond donors (Lipinski definition) is 0. The van der Waals surface area contributed by atoms with Crippen molar-refractivity contribution in [3.8, 4) is 0 Å². The van der Waals surface area contributed by atoms with Gasteiger partial charge in [-0.2, -0.15) is 0 Å². The molecule has 0 bridgehead atoms. The van der Waals surface area contributed by atoms with Crippen LogP contribution in [-0.4, -0.2) is 50.8 Å². The first-order valence-corrected chi connectivity index (χ1v) is 5.20. The van der Waals surface area contributed by atoms with Crippen LogP contribution in [0.2, 0.25) is 0 Å². The van der Waals surface area contributed by atoms with Crippen molar-refractivity contribution >= 4 is 5.97 Å². The number of esters is 1. The lowest BCUT2D eigenvalue weighted by Gasteiger charge is -2.25. The average Bonchev–Trinajstić information content (AvgIpc) is 2.20. The summed E-state index contributed by atoms with van der Waals surface area (Å²) in [6.07, 6.45) is 3.87. The maximum atomic E-state index is 10.9. The van der Waals surface area contributed by atoms with Gasteiger partial charge in [0.15, 0.2) is 0 Å². The van der Waals surface area contributed by atoms with Crippen LogP contribution in [0.4, 0.5) is 0 Å². The lowest BCUT2D eigenvalue weighted by Crippen LogP contribution is -2.33. The molecule has 1 aliphatic rings. The summed E-state index contributed by atoms with van der Waals surface area (Å²) >= 11 is 0. The molecule has 0 aromatic heterocycles. The molecule has 14 heavy (non-hydrogen) atoms. The zero-order valence-electron chi connectivity index (χ0n) is 8.83. The third-order valence-electron chi connectivity index (χ3n) is 2.38. The van der Waals surface area contributed by atoms with Crippen LogP contribution in [0, 0.1) is 0 Å². The van der Waals surface area contributed by atoms with E-state index in [2.05, 4.69) is 9.64 Å². The van der Waals surface area contributed by atoms with Gasteiger partial charge < -0.3 is 9.47 Å². The molecule has 0 spiro atoms. The van der Waals surface area contributed by atoms with Gasteiger partial charge in [0, 0.05) is 13.7 Å². The lowest BCUT2D eigenvalue weighted by atomic mass is 10.1. The number of nitrogens with zero attached hydrogens (tertiary/aromatic N) is 1. The van der Waals surface area contributed by atoms with E-state index in [4.69, 9.17) is 4.74 Å². The Morgan fingerprint density at radius 1 is 1.29 bits per heavy atom. The Hall–Kier alpha value is -0.610. The van der Waals surface area contributed by atoms with E-state index in [9.17, 15) is 4.79 Å². The second-order valence-corrected chi connectivity index (χ2v) is 3.56. The van der Waals surface area contributed by atoms with Gasteiger partial charge in [0.1, 0.15) is 13.2 Å². The van der Waals surface area contributed by atoms with Crippen molar-refractivity contribution in [3.63, 3.8) is 0 Å². The van der Waals surface area contributed by atoms with Crippen LogP contribution in [0.1, 0.15) is 19.3 Å². The molecule has 0 radical (unpaired) electrons. The standard InChI is InChI=1S/C10H19NO3/c1-13-9-10(12)14-8-7-11-5-3-2-4-6-11/h2-9H2,1H3. The summed E-state index contributed by atoms with van der Waals surface area (Å²) in [7, 11) is 1.49. The van der Waals surface area contributed by atoms with Gasteiger partial charge in [-0.25, -0.2) is 4.79 Å². The summed E-state index contributed by atoms with van der Waals surface area (Å²) in [6.45, 7) is 3.68. The van der Waals surface area contributed by atoms with Crippen molar-refractivity contribution in [2.45, 2.75) is 19.3 Å². The molecule has 0 N–H and O–H groups in total. The summed E-state index contributed by atoms with van der Waals surface area (Å²) < 4.78 is 9.64. The zero-order valence-corrected chi connectivity index (χ0v) is 8.83. The van der Waals surface area contributed by atoms with E-state index >= 15 is 0 Å². The number of carbonyl (C=O) groups is 1. The molecule has 0 aliphatic carbocycles. The number of piperidine rings is 1. The highest BCUT2D eigenvalue weighted by molar-refractivity contribution is 5.70. The van der Waals surface area contributed by atoms with E-state index in [0.29, 0.717) is 6.61 Å². The van der Waals surface area contributed by atoms with E-state index in [-0.39, 0.29) is 12.6 Å². The molecular formula is C10H19NO3. The van der Waals surface area contributed by atoms with E-state index in [1.165, 1.54) is 26.4 Å². The number of ether oxygens (including phenoxy) is 2. The number of carbonyl (C=O) groups excluding carboxylic acids is 1. The number of rotatable bonds is 5. The van der Waals surface area contributed by atoms with Gasteiger partial charge in [-0.3, -0.25) is 4.90 Å². The van der Waals surface area contributed by atoms with E-state index in [1.807, 2.05) is 0 Å². The highest BCUT2D eigenvalue weighted by Crippen LogP contribution is 2.07. The Labute approximate surface area is 85.2 Å². The summed E-state index contributed by atoms with van der Waals surface area (Å²) in [5.41, 5.74) is 0. The fraction of sp³-hybridized carbons (Fsp3) is 0.900. The molecule has 0 saturated carbocycles. The largest absolute Gasteiger partial charge is 0.463 e. The molecule has 0 unspecified atom stereocenters. The number of methoxy groups -OCH3 is 1. The first-order chi connectivity index (χ1) is 6.83. The fourth-order valence-corrected chi connectivity index (χ4v) is 1.63. The maximum Gasteiger partial charge on any atom is 0.332 e. The van der Waals surface area contributed by atoms with Gasteiger partial charge in [0.2, 0.25) is 0 Å². The van der Waals surface area contributed by atoms with Gasteiger partial charge in [-0.1, -0.05) is 6.42 Å². The van der Waals surface area contributed by atoms with E-state index < -0.39 is 0 Å². The monoisotopic (exact) mass is 201 g/mol. The Balaban J connectivity index is 1.99. The predicted molar refractivity (Wildman–Crippen MR) is 53.1 cm³/mol. The molecule has 0 aromatic carbocycles. The van der Waals surface area contributed by atoms with Crippen molar-refractivity contribution in [3.05, 3.63) is 0 Å². The molecule has 0 amide bonds. The molecule has 4 heteroatoms. The highest BCUT2D eigenvalue weighted by Gasteiger charge is 2.10. The minimum atomic E-state index is -0.274. The molecule has 0 aromatic rings. The second-order valence-electron chi connectivity index (χ2n) is 3.56. The average molecular weight is 201 g/mol. The van der Waals surface area contributed by atoms with Crippen LogP contribution in [-0.2, 0) is 14.3 Å². The van der Waals surface area contributed by atoms with Crippen molar-refractivity contribution in [2.75, 3.05) is 40.0 Å². The molecule has 1 heterocycles. The molecule has 1 rings (SSSR count). The molecule has 82 valence electrons. The molecule has 0 atom stereocenters. The summed E-state index contributed by atoms with van der Waals surface area (Å²) in [6, 6.07) is 0. The lowest BCUT2D eigenvalue weighted by molar-refractivity contribution is -0.148. The minimum absolute atomic E-state index is 0.0556. The van der Waals surface area contributed by atoms with Crippen molar-refractivity contribution < 1.29 is 14.3 Å². The third kappa shape index (κ3) is 4.58. The van der Waals surface area contributed by atoms with Gasteiger partial charge in [0.25, 0.3) is 0 Å². The topological polar surface area (TPSA) is 38.8 Å². The summed E-state index contributed by atoms with van der Waals surface area (Å²) in [5, 5.41) is 0. The summed E-state index contributed by atoms with van der Waals surface area (Å²) in [4.78, 5) is 13.3. The third-order valence-corrected chi connectivity index (χ3v) is 2.38. The van der Waals surface area contributed by atoms with Crippen LogP contribution >= 0.6 is 0 Å². The van der Waals surface area contributed by atoms with Gasteiger partial charge in [0.05, 0.1) is 0 Å². The van der Waals surface area contributed by atoms with Gasteiger partial charge in [-0.15, -0.1) is 0 Å². The van der Waals surface area contributed by atoms with Crippen LogP contribution in [0.5, 0.6) is 0 Å². The van der Waals surface area contributed by atoms with Crippen molar-refractivity contribution in [2.24, 2.45) is 0 Å². The molecule has 4 nitrogen and oxygen atoms in total. The van der Waals surface area contributed by atoms with Crippen LogP contribution in [0.15, 0.2) is 0 Å². The van der Waals surface area contributed by atoms with Crippen molar-refractivity contribution in [1.29, 1.82) is 0 Å². The van der Waals surface area contributed by atoms with Crippen LogP contribution in [0.3, 0.4) is 0 Å². The normalized spacial score (nSPS) is 18.1. The van der Waals surface area contributed by atoms with Gasteiger partial charge >= 0.3 is 5.97 Å². The Bertz CT molecular complexity index is 167. The number of likely N-dealkylation sites (tertiary alicyclic amines) is 1. The Morgan fingerprint density at radius 3 is 2.64 bits per heavy atom. The first-order valence-electron chi connectivity index (χ1n) is 5.20. The van der Waals surface area contributed by atoms with Crippen LogP contribution in [0.25, 0.3) is 0 Å². The number of hydrogen-bond acceptors (Lipinski definition) is 4. The molecule has 1 fully saturated rings. The quantitative estimate of drug-likeness (QED) is 0.613. The van der Waals surface area contributed by atoms with Crippen molar-refractivity contribution in [1.82, 2.24) is 4.90 Å². The molecule has 1 saturated heterocycles. The van der Waals surface area contributed by atoms with Crippen LogP contribution < -0.4 is 0 Å². The SMILES string of the molecule is COCC(=O)OCCN1CCCCC1. The highest BCUT2D eigenvalue weighted by atomic mass is 16.6. The molecule has 1 aliphatic heterocycles. The summed E-state index contributed by atoms with van der Waals surface area (Å²) in [5.74, 6) is -0.274. The smallest absolute Gasteiger partial charge is 0.332 e. The minimum Gasteiger partial charge on any atom is -0.463 e. The predicted octanol–water partition coefficient (Wildman–Crippen LogP) is 0.662. The zero-order chi connectivity index (χ0) is 10.2. The Kier molecular flexibility index (Phi) is 5.56. The maximum absolute atomic E-state index is 10.9. The Morgan fingerprint density at radius 2 is 2.00 bits per heavy atom. The fourth-order valence-electron chi connectivity index (χ4n) is 1.63. The van der Waals surface area contributed by atoms with E-state index in [0.717, 1.165) is 19.6 Å². The second kappa shape index (κ2) is 6.79. The first kappa shape index (κ1) is 11.5. The van der Waals surface area contributed by atoms with E-state index in [1.54, 1.807) is 0 Å². The van der Waals surface area contributed by atoms with Gasteiger partial charge in [-0.05, 0) is 25.9 Å². The molecular weight excluding hydrogens is 182 g/mol.